The maximum atomic E-state index is 12.3. The fourth-order valence-corrected chi connectivity index (χ4v) is 5.56. The lowest BCUT2D eigenvalue weighted by Crippen LogP contribution is -2.35. The Bertz CT molecular complexity index is 988. The highest BCUT2D eigenvalue weighted by Gasteiger charge is 2.51. The lowest BCUT2D eigenvalue weighted by molar-refractivity contribution is 0.00751. The third-order valence-electron chi connectivity index (χ3n) is 5.83. The minimum atomic E-state index is -0.615. The van der Waals surface area contributed by atoms with Gasteiger partial charge in [0, 0.05) is 10.9 Å². The van der Waals surface area contributed by atoms with Crippen molar-refractivity contribution in [3.8, 4) is 6.07 Å². The Hall–Kier alpha value is -2.68. The molecule has 1 amide bonds. The normalized spacial score (nSPS) is 27.7. The number of thioether (sulfide) groups is 1. The van der Waals surface area contributed by atoms with Crippen LogP contribution in [0, 0.1) is 11.3 Å². The SMILES string of the molecule is N#Cc1cccc(NC(=O)O[C@H]2CO[C@@H]3[C@@H]2OC[C@@H]3n2nnnc2SC2CCCC2)c1. The molecule has 162 valence electrons. The number of ether oxygens (including phenoxy) is 3. The van der Waals surface area contributed by atoms with Gasteiger partial charge in [-0.15, -0.1) is 5.10 Å². The number of carbonyl (C=O) groups excluding carboxylic acids is 1. The van der Waals surface area contributed by atoms with E-state index in [4.69, 9.17) is 19.5 Å². The molecule has 4 atom stereocenters. The highest BCUT2D eigenvalue weighted by atomic mass is 32.2. The van der Waals surface area contributed by atoms with Crippen molar-refractivity contribution >= 4 is 23.5 Å². The molecule has 0 spiro atoms. The molecule has 0 bridgehead atoms. The van der Waals surface area contributed by atoms with Crippen LogP contribution in [0.5, 0.6) is 0 Å². The molecule has 10 nitrogen and oxygen atoms in total. The quantitative estimate of drug-likeness (QED) is 0.743. The second kappa shape index (κ2) is 8.82. The number of benzene rings is 1. The number of anilines is 1. The van der Waals surface area contributed by atoms with Gasteiger partial charge in [0.15, 0.2) is 6.10 Å². The molecule has 3 aliphatic rings. The Morgan fingerprint density at radius 3 is 2.94 bits per heavy atom. The Kier molecular flexibility index (Phi) is 5.76. The zero-order chi connectivity index (χ0) is 21.2. The summed E-state index contributed by atoms with van der Waals surface area (Å²) in [5.41, 5.74) is 0.948. The van der Waals surface area contributed by atoms with Gasteiger partial charge < -0.3 is 14.2 Å². The van der Waals surface area contributed by atoms with E-state index in [1.807, 2.05) is 6.07 Å². The Morgan fingerprint density at radius 1 is 1.26 bits per heavy atom. The Balaban J connectivity index is 1.21. The van der Waals surface area contributed by atoms with Crippen molar-refractivity contribution in [3.05, 3.63) is 29.8 Å². The van der Waals surface area contributed by atoms with Crippen LogP contribution in [-0.2, 0) is 14.2 Å². The standard InChI is InChI=1S/C20H22N6O4S/c21-9-12-4-3-5-13(8-12)22-20(27)30-16-11-29-17-15(10-28-18(16)17)26-19(23-24-25-26)31-14-6-1-2-7-14/h3-5,8,14-18H,1-2,6-7,10-11H2,(H,22,27)/t15-,16-,17-,18+/m0/s1. The summed E-state index contributed by atoms with van der Waals surface area (Å²) in [5.74, 6) is 0. The highest BCUT2D eigenvalue weighted by molar-refractivity contribution is 7.99. The molecule has 1 N–H and O–H groups in total. The molecule has 1 aromatic heterocycles. The molecule has 3 heterocycles. The van der Waals surface area contributed by atoms with E-state index in [9.17, 15) is 4.79 Å². The number of nitriles is 1. The lowest BCUT2D eigenvalue weighted by atomic mass is 10.1. The molecule has 2 aliphatic heterocycles. The van der Waals surface area contributed by atoms with Gasteiger partial charge in [0.2, 0.25) is 5.16 Å². The van der Waals surface area contributed by atoms with Crippen LogP contribution in [-0.4, -0.2) is 63.1 Å². The van der Waals surface area contributed by atoms with E-state index in [0.717, 1.165) is 5.16 Å². The maximum absolute atomic E-state index is 12.3. The number of tetrazole rings is 1. The van der Waals surface area contributed by atoms with Crippen molar-refractivity contribution in [1.82, 2.24) is 20.2 Å². The number of fused-ring (bicyclic) bond motifs is 1. The molecule has 1 aliphatic carbocycles. The average Bonchev–Trinajstić information content (AvgIpc) is 3.55. The predicted octanol–water partition coefficient (Wildman–Crippen LogP) is 2.54. The topological polar surface area (TPSA) is 124 Å². The van der Waals surface area contributed by atoms with Gasteiger partial charge >= 0.3 is 6.09 Å². The van der Waals surface area contributed by atoms with Crippen molar-refractivity contribution < 1.29 is 19.0 Å². The second-order valence-electron chi connectivity index (χ2n) is 7.85. The number of nitrogens with one attached hydrogen (secondary N) is 1. The third-order valence-corrected chi connectivity index (χ3v) is 7.11. The summed E-state index contributed by atoms with van der Waals surface area (Å²) in [6.07, 6.45) is 3.06. The lowest BCUT2D eigenvalue weighted by Gasteiger charge is -2.18. The van der Waals surface area contributed by atoms with Crippen LogP contribution in [0.3, 0.4) is 0 Å². The van der Waals surface area contributed by atoms with Gasteiger partial charge in [0.1, 0.15) is 18.2 Å². The summed E-state index contributed by atoms with van der Waals surface area (Å²) in [6.45, 7) is 0.634. The molecule has 11 heteroatoms. The number of aromatic nitrogens is 4. The number of hydrogen-bond acceptors (Lipinski definition) is 9. The molecule has 1 aromatic carbocycles. The third kappa shape index (κ3) is 4.23. The largest absolute Gasteiger partial charge is 0.441 e. The van der Waals surface area contributed by atoms with E-state index in [0.29, 0.717) is 23.1 Å². The molecule has 3 fully saturated rings. The van der Waals surface area contributed by atoms with E-state index >= 15 is 0 Å². The fourth-order valence-electron chi connectivity index (χ4n) is 4.33. The van der Waals surface area contributed by atoms with Gasteiger partial charge in [-0.2, -0.15) is 5.26 Å². The summed E-state index contributed by atoms with van der Waals surface area (Å²) in [4.78, 5) is 12.3. The van der Waals surface area contributed by atoms with Crippen LogP contribution >= 0.6 is 11.8 Å². The Morgan fingerprint density at radius 2 is 2.10 bits per heavy atom. The first-order valence-corrected chi connectivity index (χ1v) is 11.2. The van der Waals surface area contributed by atoms with E-state index in [2.05, 4.69) is 20.8 Å². The minimum Gasteiger partial charge on any atom is -0.441 e. The van der Waals surface area contributed by atoms with Crippen LogP contribution in [0.4, 0.5) is 10.5 Å². The van der Waals surface area contributed by atoms with Crippen molar-refractivity contribution in [2.45, 2.75) is 60.4 Å². The molecule has 1 saturated carbocycles. The van der Waals surface area contributed by atoms with Crippen LogP contribution in [0.1, 0.15) is 37.3 Å². The second-order valence-corrected chi connectivity index (χ2v) is 9.12. The maximum Gasteiger partial charge on any atom is 0.412 e. The summed E-state index contributed by atoms with van der Waals surface area (Å²) < 4.78 is 19.2. The van der Waals surface area contributed by atoms with Crippen molar-refractivity contribution in [3.63, 3.8) is 0 Å². The van der Waals surface area contributed by atoms with Crippen LogP contribution in [0.25, 0.3) is 0 Å². The van der Waals surface area contributed by atoms with E-state index in [1.54, 1.807) is 40.7 Å². The zero-order valence-corrected chi connectivity index (χ0v) is 17.5. The van der Waals surface area contributed by atoms with Gasteiger partial charge in [-0.25, -0.2) is 9.48 Å². The monoisotopic (exact) mass is 442 g/mol. The molecular weight excluding hydrogens is 420 g/mol. The molecule has 2 saturated heterocycles. The predicted molar refractivity (Wildman–Crippen MR) is 109 cm³/mol. The fraction of sp³-hybridized carbons (Fsp3) is 0.550. The number of rotatable bonds is 5. The van der Waals surface area contributed by atoms with E-state index in [-0.39, 0.29) is 24.9 Å². The van der Waals surface area contributed by atoms with E-state index in [1.165, 1.54) is 25.7 Å². The van der Waals surface area contributed by atoms with Crippen LogP contribution in [0.15, 0.2) is 29.4 Å². The van der Waals surface area contributed by atoms with Gasteiger partial charge in [0.25, 0.3) is 0 Å². The van der Waals surface area contributed by atoms with Crippen molar-refractivity contribution in [2.75, 3.05) is 18.5 Å². The Labute approximate surface area is 183 Å². The summed E-state index contributed by atoms with van der Waals surface area (Å²) in [6, 6.07) is 8.51. The summed E-state index contributed by atoms with van der Waals surface area (Å²) >= 11 is 1.72. The highest BCUT2D eigenvalue weighted by Crippen LogP contribution is 2.39. The molecule has 5 rings (SSSR count). The van der Waals surface area contributed by atoms with E-state index < -0.39 is 12.2 Å². The summed E-state index contributed by atoms with van der Waals surface area (Å²) in [7, 11) is 0. The van der Waals surface area contributed by atoms with Crippen molar-refractivity contribution in [1.29, 1.82) is 5.26 Å². The van der Waals surface area contributed by atoms with Crippen LogP contribution < -0.4 is 5.32 Å². The molecule has 0 radical (unpaired) electrons. The minimum absolute atomic E-state index is 0.159. The number of amides is 1. The molecule has 31 heavy (non-hydrogen) atoms. The van der Waals surface area contributed by atoms with Gasteiger partial charge in [-0.3, -0.25) is 5.32 Å². The van der Waals surface area contributed by atoms with Gasteiger partial charge in [-0.1, -0.05) is 30.7 Å². The first kappa shape index (κ1) is 20.2. The zero-order valence-electron chi connectivity index (χ0n) is 16.7. The first-order chi connectivity index (χ1) is 15.2. The van der Waals surface area contributed by atoms with Crippen LogP contribution in [0.2, 0.25) is 0 Å². The van der Waals surface area contributed by atoms with Gasteiger partial charge in [0.05, 0.1) is 24.8 Å². The van der Waals surface area contributed by atoms with Gasteiger partial charge in [-0.05, 0) is 41.5 Å². The summed E-state index contributed by atoms with van der Waals surface area (Å²) in [5, 5.41) is 25.2. The smallest absolute Gasteiger partial charge is 0.412 e. The molecule has 0 unspecified atom stereocenters. The first-order valence-electron chi connectivity index (χ1n) is 10.4. The number of nitrogens with zero attached hydrogens (tertiary/aromatic N) is 5. The molecular formula is C20H22N6O4S. The average molecular weight is 443 g/mol. The number of carbonyl (C=O) groups is 1. The van der Waals surface area contributed by atoms with Crippen molar-refractivity contribution in [2.24, 2.45) is 0 Å². The molecule has 2 aromatic rings. The number of hydrogen-bond donors (Lipinski definition) is 1.